The molecule has 13 heavy (non-hydrogen) atoms. The monoisotopic (exact) mass is 184 g/mol. The zero-order chi connectivity index (χ0) is 10.1. The van der Waals surface area contributed by atoms with Crippen molar-refractivity contribution in [2.24, 2.45) is 5.73 Å². The molecule has 0 spiro atoms. The largest absolute Gasteiger partial charge is 0.355 e. The van der Waals surface area contributed by atoms with E-state index in [9.17, 15) is 4.79 Å². The molecule has 0 fully saturated rings. The molecule has 0 aromatic heterocycles. The van der Waals surface area contributed by atoms with Crippen molar-refractivity contribution in [1.82, 2.24) is 5.32 Å². The van der Waals surface area contributed by atoms with Gasteiger partial charge >= 0.3 is 0 Å². The Balaban J connectivity index is 3.44. The topological polar surface area (TPSA) is 55.1 Å². The summed E-state index contributed by atoms with van der Waals surface area (Å²) >= 11 is 0. The fourth-order valence-corrected chi connectivity index (χ4v) is 1.00. The average molecular weight is 184 g/mol. The summed E-state index contributed by atoms with van der Waals surface area (Å²) in [4.78, 5) is 11.2. The molecule has 3 heteroatoms. The fraction of sp³-hybridized carbons (Fsp3) is 0.700. The number of amides is 1. The zero-order valence-corrected chi connectivity index (χ0v) is 8.38. The minimum atomic E-state index is -0.431. The number of carbonyl (C=O) groups excluding carboxylic acids is 1. The van der Waals surface area contributed by atoms with Crippen LogP contribution in [0.15, 0.2) is 12.7 Å². The molecule has 0 aliphatic carbocycles. The summed E-state index contributed by atoms with van der Waals surface area (Å²) < 4.78 is 0. The van der Waals surface area contributed by atoms with Gasteiger partial charge in [0.05, 0.1) is 6.04 Å². The van der Waals surface area contributed by atoms with Crippen LogP contribution in [0.4, 0.5) is 0 Å². The molecule has 76 valence electrons. The highest BCUT2D eigenvalue weighted by Gasteiger charge is 2.09. The molecule has 1 unspecified atom stereocenters. The first-order chi connectivity index (χ1) is 6.22. The number of rotatable bonds is 7. The van der Waals surface area contributed by atoms with Crippen molar-refractivity contribution < 1.29 is 4.79 Å². The molecule has 0 radical (unpaired) electrons. The third-order valence-corrected chi connectivity index (χ3v) is 1.84. The number of nitrogens with one attached hydrogen (secondary N) is 1. The second-order valence-corrected chi connectivity index (χ2v) is 3.13. The van der Waals surface area contributed by atoms with E-state index in [1.54, 1.807) is 6.08 Å². The molecule has 1 amide bonds. The number of unbranched alkanes of at least 4 members (excludes halogenated alkanes) is 2. The maximum Gasteiger partial charge on any atom is 0.237 e. The van der Waals surface area contributed by atoms with Crippen molar-refractivity contribution in [2.45, 2.75) is 38.6 Å². The van der Waals surface area contributed by atoms with Crippen molar-refractivity contribution in [2.75, 3.05) is 6.54 Å². The predicted octanol–water partition coefficient (Wildman–Crippen LogP) is 1.20. The van der Waals surface area contributed by atoms with E-state index < -0.39 is 6.04 Å². The lowest BCUT2D eigenvalue weighted by Gasteiger charge is -2.09. The molecule has 0 heterocycles. The number of carbonyl (C=O) groups is 1. The predicted molar refractivity (Wildman–Crippen MR) is 55.3 cm³/mol. The van der Waals surface area contributed by atoms with Crippen LogP contribution in [-0.4, -0.2) is 18.5 Å². The Kier molecular flexibility index (Phi) is 7.30. The summed E-state index contributed by atoms with van der Waals surface area (Å²) in [5.41, 5.74) is 5.56. The molecule has 0 aromatic rings. The van der Waals surface area contributed by atoms with Gasteiger partial charge in [0.1, 0.15) is 0 Å². The van der Waals surface area contributed by atoms with Crippen molar-refractivity contribution >= 4 is 5.91 Å². The molecule has 0 saturated carbocycles. The second kappa shape index (κ2) is 7.80. The Morgan fingerprint density at radius 1 is 1.62 bits per heavy atom. The van der Waals surface area contributed by atoms with E-state index in [-0.39, 0.29) is 5.91 Å². The first-order valence-electron chi connectivity index (χ1n) is 4.86. The summed E-state index contributed by atoms with van der Waals surface area (Å²) in [6, 6.07) is -0.431. The standard InChI is InChI=1S/C10H20N2O/c1-3-5-6-8-12-10(13)9(11)7-4-2/h4,9H,2-3,5-8,11H2,1H3,(H,12,13). The Morgan fingerprint density at radius 2 is 2.31 bits per heavy atom. The van der Waals surface area contributed by atoms with Crippen molar-refractivity contribution in [3.63, 3.8) is 0 Å². The maximum atomic E-state index is 11.2. The Hall–Kier alpha value is -0.830. The van der Waals surface area contributed by atoms with Gasteiger partial charge in [0.25, 0.3) is 0 Å². The van der Waals surface area contributed by atoms with Gasteiger partial charge in [-0.3, -0.25) is 4.79 Å². The van der Waals surface area contributed by atoms with Crippen LogP contribution in [0.2, 0.25) is 0 Å². The lowest BCUT2D eigenvalue weighted by atomic mass is 10.2. The highest BCUT2D eigenvalue weighted by molar-refractivity contribution is 5.81. The molecule has 1 atom stereocenters. The van der Waals surface area contributed by atoms with Gasteiger partial charge < -0.3 is 11.1 Å². The average Bonchev–Trinajstić information content (AvgIpc) is 2.12. The molecule has 0 aromatic carbocycles. The third kappa shape index (κ3) is 6.34. The molecule has 3 N–H and O–H groups in total. The normalized spacial score (nSPS) is 12.2. The van der Waals surface area contributed by atoms with Crippen LogP contribution in [0.25, 0.3) is 0 Å². The summed E-state index contributed by atoms with van der Waals surface area (Å²) in [6.07, 6.45) is 5.55. The Bertz CT molecular complexity index is 157. The lowest BCUT2D eigenvalue weighted by molar-refractivity contribution is -0.122. The third-order valence-electron chi connectivity index (χ3n) is 1.84. The zero-order valence-electron chi connectivity index (χ0n) is 8.38. The minimum absolute atomic E-state index is 0.0731. The lowest BCUT2D eigenvalue weighted by Crippen LogP contribution is -2.40. The van der Waals surface area contributed by atoms with Gasteiger partial charge in [0, 0.05) is 6.54 Å². The van der Waals surface area contributed by atoms with Crippen LogP contribution in [0.3, 0.4) is 0 Å². The van der Waals surface area contributed by atoms with Crippen molar-refractivity contribution in [1.29, 1.82) is 0 Å². The van der Waals surface area contributed by atoms with Crippen LogP contribution in [0, 0.1) is 0 Å². The van der Waals surface area contributed by atoms with Gasteiger partial charge in [-0.15, -0.1) is 6.58 Å². The Morgan fingerprint density at radius 3 is 2.85 bits per heavy atom. The SMILES string of the molecule is C=CCC(N)C(=O)NCCCCC. The minimum Gasteiger partial charge on any atom is -0.355 e. The highest BCUT2D eigenvalue weighted by Crippen LogP contribution is 1.92. The Labute approximate surface area is 80.4 Å². The van der Waals surface area contributed by atoms with Crippen LogP contribution in [-0.2, 0) is 4.79 Å². The second-order valence-electron chi connectivity index (χ2n) is 3.13. The molecule has 0 aliphatic rings. The van der Waals surface area contributed by atoms with Gasteiger partial charge in [-0.2, -0.15) is 0 Å². The summed E-state index contributed by atoms with van der Waals surface area (Å²) in [5.74, 6) is -0.0731. The molecular formula is C10H20N2O. The van der Waals surface area contributed by atoms with Crippen LogP contribution < -0.4 is 11.1 Å². The molecule has 0 bridgehead atoms. The van der Waals surface area contributed by atoms with E-state index in [2.05, 4.69) is 18.8 Å². The highest BCUT2D eigenvalue weighted by atomic mass is 16.2. The number of hydrogen-bond donors (Lipinski definition) is 2. The van der Waals surface area contributed by atoms with E-state index >= 15 is 0 Å². The van der Waals surface area contributed by atoms with Crippen LogP contribution in [0.5, 0.6) is 0 Å². The van der Waals surface area contributed by atoms with Gasteiger partial charge in [0.2, 0.25) is 5.91 Å². The van der Waals surface area contributed by atoms with Gasteiger partial charge in [-0.25, -0.2) is 0 Å². The molecular weight excluding hydrogens is 164 g/mol. The summed E-state index contributed by atoms with van der Waals surface area (Å²) in [7, 11) is 0. The fourth-order valence-electron chi connectivity index (χ4n) is 1.00. The van der Waals surface area contributed by atoms with Crippen molar-refractivity contribution in [3.05, 3.63) is 12.7 Å². The molecule has 0 rings (SSSR count). The first-order valence-corrected chi connectivity index (χ1v) is 4.86. The van der Waals surface area contributed by atoms with E-state index in [1.807, 2.05) is 0 Å². The van der Waals surface area contributed by atoms with Gasteiger partial charge in [-0.05, 0) is 12.8 Å². The van der Waals surface area contributed by atoms with E-state index in [4.69, 9.17) is 5.73 Å². The van der Waals surface area contributed by atoms with Gasteiger partial charge in [0.15, 0.2) is 0 Å². The van der Waals surface area contributed by atoms with Crippen LogP contribution in [0.1, 0.15) is 32.6 Å². The first kappa shape index (κ1) is 12.2. The molecule has 0 saturated heterocycles. The van der Waals surface area contributed by atoms with E-state index in [1.165, 1.54) is 0 Å². The van der Waals surface area contributed by atoms with Gasteiger partial charge in [-0.1, -0.05) is 25.8 Å². The quantitative estimate of drug-likeness (QED) is 0.461. The molecule has 3 nitrogen and oxygen atoms in total. The smallest absolute Gasteiger partial charge is 0.237 e. The summed E-state index contributed by atoms with van der Waals surface area (Å²) in [5, 5.41) is 2.79. The maximum absolute atomic E-state index is 11.2. The number of nitrogens with two attached hydrogens (primary N) is 1. The van der Waals surface area contributed by atoms with Crippen molar-refractivity contribution in [3.8, 4) is 0 Å². The summed E-state index contributed by atoms with van der Waals surface area (Å²) in [6.45, 7) is 6.40. The van der Waals surface area contributed by atoms with E-state index in [0.717, 1.165) is 25.8 Å². The molecule has 0 aliphatic heterocycles. The van der Waals surface area contributed by atoms with E-state index in [0.29, 0.717) is 6.42 Å². The number of hydrogen-bond acceptors (Lipinski definition) is 2. The van der Waals surface area contributed by atoms with Crippen LogP contribution >= 0.6 is 0 Å².